The molecule has 10 heteroatoms. The van der Waals surface area contributed by atoms with Crippen LogP contribution in [0.1, 0.15) is 25.3 Å². The fourth-order valence-electron chi connectivity index (χ4n) is 2.89. The van der Waals surface area contributed by atoms with Crippen LogP contribution in [0.5, 0.6) is 23.1 Å². The van der Waals surface area contributed by atoms with Gasteiger partial charge in [0.25, 0.3) is 0 Å². The molecule has 10 nitrogen and oxygen atoms in total. The summed E-state index contributed by atoms with van der Waals surface area (Å²) in [7, 11) is 4.64. The Balaban J connectivity index is 1.78. The van der Waals surface area contributed by atoms with Crippen molar-refractivity contribution in [2.45, 2.75) is 26.4 Å². The molecular weight excluding hydrogens is 404 g/mol. The fraction of sp³-hybridized carbons (Fsp3) is 0.381. The van der Waals surface area contributed by atoms with Gasteiger partial charge in [-0.3, -0.25) is 5.32 Å². The molecule has 0 radical (unpaired) electrons. The number of benzene rings is 1. The minimum Gasteiger partial charge on any atom is -0.493 e. The number of fused-ring (bicyclic) bond motifs is 1. The Morgan fingerprint density at radius 2 is 1.84 bits per heavy atom. The number of ether oxygens (including phenoxy) is 5. The summed E-state index contributed by atoms with van der Waals surface area (Å²) in [5.41, 5.74) is 1.70. The third-order valence-corrected chi connectivity index (χ3v) is 4.42. The van der Waals surface area contributed by atoms with Gasteiger partial charge in [-0.15, -0.1) is 5.10 Å². The zero-order valence-electron chi connectivity index (χ0n) is 18.0. The number of nitrogens with one attached hydrogen (secondary N) is 1. The van der Waals surface area contributed by atoms with Crippen LogP contribution < -0.4 is 24.3 Å². The van der Waals surface area contributed by atoms with E-state index in [1.807, 2.05) is 6.92 Å². The largest absolute Gasteiger partial charge is 0.493 e. The van der Waals surface area contributed by atoms with Crippen molar-refractivity contribution in [2.24, 2.45) is 0 Å². The number of amides is 1. The maximum absolute atomic E-state index is 12.1. The number of hydrogen-bond acceptors (Lipinski definition) is 8. The van der Waals surface area contributed by atoms with Crippen molar-refractivity contribution in [3.05, 3.63) is 36.2 Å². The van der Waals surface area contributed by atoms with E-state index in [1.165, 1.54) is 4.52 Å². The van der Waals surface area contributed by atoms with Crippen molar-refractivity contribution in [3.63, 3.8) is 0 Å². The van der Waals surface area contributed by atoms with Crippen molar-refractivity contribution in [2.75, 3.05) is 33.3 Å². The van der Waals surface area contributed by atoms with Gasteiger partial charge in [0.1, 0.15) is 6.61 Å². The van der Waals surface area contributed by atoms with Gasteiger partial charge < -0.3 is 23.7 Å². The Hall–Kier alpha value is -3.69. The van der Waals surface area contributed by atoms with Crippen molar-refractivity contribution < 1.29 is 28.5 Å². The first-order valence-electron chi connectivity index (χ1n) is 9.79. The van der Waals surface area contributed by atoms with Crippen molar-refractivity contribution >= 4 is 17.4 Å². The van der Waals surface area contributed by atoms with Crippen LogP contribution in [0.4, 0.5) is 10.5 Å². The minimum atomic E-state index is -0.555. The van der Waals surface area contributed by atoms with Gasteiger partial charge in [-0.2, -0.15) is 0 Å². The molecule has 0 atom stereocenters. The number of carbonyl (C=O) groups excluding carboxylic acids is 1. The van der Waals surface area contributed by atoms with Gasteiger partial charge >= 0.3 is 6.09 Å². The van der Waals surface area contributed by atoms with Gasteiger partial charge in [-0.05, 0) is 24.1 Å². The molecular formula is C21H26N4O6. The molecule has 1 amide bonds. The van der Waals surface area contributed by atoms with E-state index < -0.39 is 6.09 Å². The summed E-state index contributed by atoms with van der Waals surface area (Å²) in [4.78, 5) is 16.3. The van der Waals surface area contributed by atoms with Gasteiger partial charge in [0.05, 0.1) is 33.6 Å². The molecule has 0 bridgehead atoms. The van der Waals surface area contributed by atoms with E-state index in [0.29, 0.717) is 41.1 Å². The van der Waals surface area contributed by atoms with Crippen LogP contribution in [-0.2, 0) is 11.3 Å². The average Bonchev–Trinajstić information content (AvgIpc) is 3.26. The normalized spacial score (nSPS) is 10.6. The number of nitrogens with zero attached hydrogens (tertiary/aromatic N) is 3. The first-order valence-corrected chi connectivity index (χ1v) is 9.79. The number of hydrogen-bond donors (Lipinski definition) is 1. The van der Waals surface area contributed by atoms with Crippen molar-refractivity contribution in [1.82, 2.24) is 14.6 Å². The van der Waals surface area contributed by atoms with Crippen LogP contribution in [-0.4, -0.2) is 48.6 Å². The van der Waals surface area contributed by atoms with E-state index in [2.05, 4.69) is 15.4 Å². The first kappa shape index (κ1) is 22.0. The summed E-state index contributed by atoms with van der Waals surface area (Å²) in [6.07, 6.45) is 4.42. The summed E-state index contributed by atoms with van der Waals surface area (Å²) in [6.45, 7) is 2.56. The van der Waals surface area contributed by atoms with Crippen LogP contribution in [0.15, 0.2) is 30.6 Å². The zero-order valence-corrected chi connectivity index (χ0v) is 18.0. The molecule has 0 unspecified atom stereocenters. The smallest absolute Gasteiger partial charge is 0.411 e. The van der Waals surface area contributed by atoms with Crippen molar-refractivity contribution in [3.8, 4) is 23.1 Å². The number of methoxy groups -OCH3 is 3. The molecule has 1 N–H and O–H groups in total. The van der Waals surface area contributed by atoms with Gasteiger partial charge in [0, 0.05) is 18.5 Å². The lowest BCUT2D eigenvalue weighted by Crippen LogP contribution is -2.15. The lowest BCUT2D eigenvalue weighted by molar-refractivity contribution is 0.160. The van der Waals surface area contributed by atoms with Crippen LogP contribution in [0.3, 0.4) is 0 Å². The van der Waals surface area contributed by atoms with Gasteiger partial charge in [-0.25, -0.2) is 14.3 Å². The van der Waals surface area contributed by atoms with Crippen LogP contribution >= 0.6 is 0 Å². The lowest BCUT2D eigenvalue weighted by Gasteiger charge is -2.14. The molecule has 0 aliphatic rings. The second-order valence-corrected chi connectivity index (χ2v) is 6.53. The highest BCUT2D eigenvalue weighted by Gasteiger charge is 2.15. The highest BCUT2D eigenvalue weighted by atomic mass is 16.5. The predicted octanol–water partition coefficient (Wildman–Crippen LogP) is 3.68. The Morgan fingerprint density at radius 1 is 1.10 bits per heavy atom. The van der Waals surface area contributed by atoms with Crippen molar-refractivity contribution in [1.29, 1.82) is 0 Å². The molecule has 166 valence electrons. The van der Waals surface area contributed by atoms with E-state index in [0.717, 1.165) is 18.4 Å². The number of rotatable bonds is 10. The Kier molecular flexibility index (Phi) is 7.36. The molecule has 31 heavy (non-hydrogen) atoms. The molecule has 0 aliphatic carbocycles. The van der Waals surface area contributed by atoms with Crippen LogP contribution in [0.2, 0.25) is 0 Å². The topological polar surface area (TPSA) is 105 Å². The summed E-state index contributed by atoms with van der Waals surface area (Å²) in [5, 5.41) is 7.06. The van der Waals surface area contributed by atoms with E-state index in [1.54, 1.807) is 51.9 Å². The maximum atomic E-state index is 12.1. The second kappa shape index (κ2) is 10.4. The maximum Gasteiger partial charge on any atom is 0.411 e. The molecule has 3 aromatic rings. The highest BCUT2D eigenvalue weighted by Crippen LogP contribution is 2.38. The highest BCUT2D eigenvalue weighted by molar-refractivity contribution is 5.89. The zero-order chi connectivity index (χ0) is 22.2. The Morgan fingerprint density at radius 3 is 2.48 bits per heavy atom. The van der Waals surface area contributed by atoms with E-state index in [4.69, 9.17) is 23.7 Å². The first-order chi connectivity index (χ1) is 15.1. The van der Waals surface area contributed by atoms with E-state index in [-0.39, 0.29) is 6.61 Å². The Labute approximate surface area is 180 Å². The standard InChI is InChI=1S/C21H26N4O6/c1-5-6-9-30-21(26)23-15-12-18(24-25-8-7-22-20(15)25)31-13-14-10-16(27-2)19(29-4)17(11-14)28-3/h7-8,10-12H,5-6,9,13H2,1-4H3,(H,23,26). The second-order valence-electron chi connectivity index (χ2n) is 6.53. The van der Waals surface area contributed by atoms with Gasteiger partial charge in [0.15, 0.2) is 17.1 Å². The van der Waals surface area contributed by atoms with Gasteiger partial charge in [0.2, 0.25) is 11.6 Å². The summed E-state index contributed by atoms with van der Waals surface area (Å²) in [6, 6.07) is 5.18. The lowest BCUT2D eigenvalue weighted by atomic mass is 10.2. The van der Waals surface area contributed by atoms with E-state index >= 15 is 0 Å². The average molecular weight is 430 g/mol. The summed E-state index contributed by atoms with van der Waals surface area (Å²) in [5.74, 6) is 1.84. The SMILES string of the molecule is CCCCOC(=O)Nc1cc(OCc2cc(OC)c(OC)c(OC)c2)nn2ccnc12. The minimum absolute atomic E-state index is 0.185. The molecule has 2 aromatic heterocycles. The number of unbranched alkanes of at least 4 members (excludes halogenated alkanes) is 1. The third-order valence-electron chi connectivity index (χ3n) is 4.42. The molecule has 0 fully saturated rings. The monoisotopic (exact) mass is 430 g/mol. The molecule has 3 rings (SSSR count). The van der Waals surface area contributed by atoms with Crippen LogP contribution in [0, 0.1) is 0 Å². The molecule has 1 aromatic carbocycles. The van der Waals surface area contributed by atoms with E-state index in [9.17, 15) is 4.79 Å². The van der Waals surface area contributed by atoms with Gasteiger partial charge in [-0.1, -0.05) is 13.3 Å². The fourth-order valence-corrected chi connectivity index (χ4v) is 2.89. The third kappa shape index (κ3) is 5.27. The number of imidazole rings is 1. The quantitative estimate of drug-likeness (QED) is 0.486. The number of anilines is 1. The molecule has 2 heterocycles. The van der Waals surface area contributed by atoms with Crippen LogP contribution in [0.25, 0.3) is 5.65 Å². The summed E-state index contributed by atoms with van der Waals surface area (Å²) >= 11 is 0. The molecule has 0 aliphatic heterocycles. The number of carbonyl (C=O) groups is 1. The number of aromatic nitrogens is 3. The predicted molar refractivity (Wildman–Crippen MR) is 113 cm³/mol. The molecule has 0 saturated heterocycles. The molecule has 0 spiro atoms. The summed E-state index contributed by atoms with van der Waals surface area (Å²) < 4.78 is 28.6. The molecule has 0 saturated carbocycles. The Bertz CT molecular complexity index is 1010.